The summed E-state index contributed by atoms with van der Waals surface area (Å²) in [6.07, 6.45) is 29.3. The van der Waals surface area contributed by atoms with E-state index in [4.69, 9.17) is 0 Å². The van der Waals surface area contributed by atoms with Crippen molar-refractivity contribution < 1.29 is 61.3 Å². The van der Waals surface area contributed by atoms with Crippen LogP contribution in [0.1, 0.15) is 91.4 Å². The van der Waals surface area contributed by atoms with Crippen molar-refractivity contribution in [2.24, 2.45) is 11.8 Å². The van der Waals surface area contributed by atoms with Crippen molar-refractivity contribution in [2.45, 2.75) is 91.4 Å². The Labute approximate surface area is 228 Å². The van der Waals surface area contributed by atoms with E-state index in [9.17, 15) is 9.90 Å². The first-order chi connectivity index (χ1) is 14.0. The van der Waals surface area contributed by atoms with E-state index in [1.54, 1.807) is 5.57 Å². The SMILES string of the molecule is CCCCC/C=C\C/C=C\[C@@H]1CC(C)=C(C)C[C@H]1/C=C\C/C=C\CCCC(=O)[O-].[K+]. The maximum Gasteiger partial charge on any atom is 1.00 e. The quantitative estimate of drug-likeness (QED) is 0.236. The number of hydrogen-bond donors (Lipinski definition) is 0. The van der Waals surface area contributed by atoms with E-state index in [2.05, 4.69) is 69.4 Å². The molecule has 2 nitrogen and oxygen atoms in total. The summed E-state index contributed by atoms with van der Waals surface area (Å²) in [5.74, 6) is 0.214. The van der Waals surface area contributed by atoms with Crippen LogP contribution in [0, 0.1) is 11.8 Å². The molecule has 0 aromatic heterocycles. The molecule has 1 rings (SSSR count). The molecule has 0 aliphatic heterocycles. The summed E-state index contributed by atoms with van der Waals surface area (Å²) in [5.41, 5.74) is 3.09. The summed E-state index contributed by atoms with van der Waals surface area (Å²) < 4.78 is 0. The smallest absolute Gasteiger partial charge is 0.550 e. The molecule has 0 fully saturated rings. The van der Waals surface area contributed by atoms with Gasteiger partial charge in [-0.15, -0.1) is 0 Å². The predicted molar refractivity (Wildman–Crippen MR) is 123 cm³/mol. The first-order valence-corrected chi connectivity index (χ1v) is 11.5. The number of carboxylic acid groups (broad SMARTS) is 1. The summed E-state index contributed by atoms with van der Waals surface area (Å²) in [6, 6.07) is 0. The van der Waals surface area contributed by atoms with Crippen LogP contribution in [0.4, 0.5) is 0 Å². The Bertz CT molecular complexity index is 610. The topological polar surface area (TPSA) is 40.1 Å². The largest absolute Gasteiger partial charge is 1.00 e. The molecular formula is C27H41KO2. The maximum absolute atomic E-state index is 10.4. The Morgan fingerprint density at radius 1 is 0.833 bits per heavy atom. The van der Waals surface area contributed by atoms with Crippen molar-refractivity contribution in [3.05, 3.63) is 59.8 Å². The molecule has 0 amide bonds. The van der Waals surface area contributed by atoms with Crippen LogP contribution >= 0.6 is 0 Å². The molecule has 162 valence electrons. The van der Waals surface area contributed by atoms with Crippen LogP contribution in [-0.2, 0) is 4.79 Å². The van der Waals surface area contributed by atoms with Gasteiger partial charge in [0.1, 0.15) is 0 Å². The molecule has 3 heteroatoms. The number of carbonyl (C=O) groups excluding carboxylic acids is 1. The van der Waals surface area contributed by atoms with E-state index in [1.807, 2.05) is 0 Å². The zero-order chi connectivity index (χ0) is 21.3. The van der Waals surface area contributed by atoms with Crippen molar-refractivity contribution in [3.63, 3.8) is 0 Å². The molecule has 30 heavy (non-hydrogen) atoms. The van der Waals surface area contributed by atoms with Crippen LogP contribution in [-0.4, -0.2) is 5.97 Å². The molecule has 0 bridgehead atoms. The van der Waals surface area contributed by atoms with Gasteiger partial charge in [-0.05, 0) is 83.5 Å². The second-order valence-electron chi connectivity index (χ2n) is 8.33. The fourth-order valence-electron chi connectivity index (χ4n) is 3.75. The summed E-state index contributed by atoms with van der Waals surface area (Å²) in [5, 5.41) is 10.4. The Balaban J connectivity index is 0.00000841. The van der Waals surface area contributed by atoms with Gasteiger partial charge in [0, 0.05) is 5.97 Å². The van der Waals surface area contributed by atoms with Crippen LogP contribution in [0.15, 0.2) is 59.8 Å². The number of rotatable bonds is 14. The number of carbonyl (C=O) groups is 1. The van der Waals surface area contributed by atoms with Crippen LogP contribution in [0.2, 0.25) is 0 Å². The molecule has 1 aliphatic rings. The first kappa shape index (κ1) is 29.8. The first-order valence-electron chi connectivity index (χ1n) is 11.5. The molecule has 0 heterocycles. The minimum Gasteiger partial charge on any atom is -0.550 e. The molecule has 0 saturated carbocycles. The minimum atomic E-state index is -0.958. The van der Waals surface area contributed by atoms with Crippen molar-refractivity contribution in [1.82, 2.24) is 0 Å². The van der Waals surface area contributed by atoms with E-state index >= 15 is 0 Å². The van der Waals surface area contributed by atoms with Gasteiger partial charge in [-0.2, -0.15) is 0 Å². The zero-order valence-corrected chi connectivity index (χ0v) is 23.0. The third-order valence-electron chi connectivity index (χ3n) is 5.73. The van der Waals surface area contributed by atoms with Crippen molar-refractivity contribution in [3.8, 4) is 0 Å². The van der Waals surface area contributed by atoms with Gasteiger partial charge >= 0.3 is 51.4 Å². The average molecular weight is 437 g/mol. The molecule has 0 radical (unpaired) electrons. The van der Waals surface area contributed by atoms with Gasteiger partial charge < -0.3 is 9.90 Å². The monoisotopic (exact) mass is 436 g/mol. The van der Waals surface area contributed by atoms with Crippen LogP contribution in [0.3, 0.4) is 0 Å². The summed E-state index contributed by atoms with van der Waals surface area (Å²) in [7, 11) is 0. The Morgan fingerprint density at radius 2 is 1.33 bits per heavy atom. The number of hydrogen-bond acceptors (Lipinski definition) is 2. The van der Waals surface area contributed by atoms with Gasteiger partial charge in [0.25, 0.3) is 0 Å². The van der Waals surface area contributed by atoms with Crippen LogP contribution in [0.25, 0.3) is 0 Å². The average Bonchev–Trinajstić information content (AvgIpc) is 2.68. The van der Waals surface area contributed by atoms with Gasteiger partial charge in [-0.25, -0.2) is 0 Å². The standard InChI is InChI=1S/C27H42O2.K/c1-4-5-6-7-8-9-12-15-18-25-21-23(2)24(3)22-26(25)19-16-13-10-11-14-17-20-27(28)29;/h8-11,15-16,18-19,25-26H,4-7,12-14,17,20-22H2,1-3H3,(H,28,29);/q;+1/p-1/b9-8-,11-10-,18-15-,19-16-;/t25-,26-;/m1./s1. The van der Waals surface area contributed by atoms with Gasteiger partial charge in [-0.3, -0.25) is 0 Å². The number of allylic oxidation sites excluding steroid dienone is 10. The second kappa shape index (κ2) is 19.5. The molecule has 0 aromatic carbocycles. The van der Waals surface area contributed by atoms with Gasteiger partial charge in [0.15, 0.2) is 0 Å². The number of unbranched alkanes of at least 4 members (excludes halogenated alkanes) is 4. The van der Waals surface area contributed by atoms with Crippen molar-refractivity contribution in [1.29, 1.82) is 0 Å². The number of carboxylic acids is 1. The third-order valence-corrected chi connectivity index (χ3v) is 5.73. The normalized spacial score (nSPS) is 20.1. The molecule has 0 saturated heterocycles. The molecule has 0 aromatic rings. The fourth-order valence-corrected chi connectivity index (χ4v) is 3.75. The predicted octanol–water partition coefficient (Wildman–Crippen LogP) is 3.86. The Kier molecular flexibility index (Phi) is 19.4. The van der Waals surface area contributed by atoms with Crippen LogP contribution in [0.5, 0.6) is 0 Å². The molecule has 2 atom stereocenters. The van der Waals surface area contributed by atoms with E-state index < -0.39 is 5.97 Å². The second-order valence-corrected chi connectivity index (χ2v) is 8.33. The third kappa shape index (κ3) is 14.7. The summed E-state index contributed by atoms with van der Waals surface area (Å²) in [6.45, 7) is 6.79. The van der Waals surface area contributed by atoms with Crippen LogP contribution < -0.4 is 56.5 Å². The number of aliphatic carboxylic acids is 1. The van der Waals surface area contributed by atoms with Gasteiger partial charge in [0.05, 0.1) is 0 Å². The van der Waals surface area contributed by atoms with E-state index in [1.165, 1.54) is 31.3 Å². The molecule has 0 spiro atoms. The summed E-state index contributed by atoms with van der Waals surface area (Å²) >= 11 is 0. The fraction of sp³-hybridized carbons (Fsp3) is 0.593. The van der Waals surface area contributed by atoms with Crippen molar-refractivity contribution in [2.75, 3.05) is 0 Å². The maximum atomic E-state index is 10.4. The molecule has 1 aliphatic carbocycles. The molecule has 0 unspecified atom stereocenters. The van der Waals surface area contributed by atoms with E-state index in [0.717, 1.165) is 32.1 Å². The van der Waals surface area contributed by atoms with Gasteiger partial charge in [-0.1, -0.05) is 79.5 Å². The zero-order valence-electron chi connectivity index (χ0n) is 19.9. The molecular weight excluding hydrogens is 395 g/mol. The Hall–Kier alpha value is -0.194. The van der Waals surface area contributed by atoms with E-state index in [-0.39, 0.29) is 57.8 Å². The Morgan fingerprint density at radius 3 is 1.80 bits per heavy atom. The van der Waals surface area contributed by atoms with E-state index in [0.29, 0.717) is 18.3 Å². The van der Waals surface area contributed by atoms with Gasteiger partial charge in [0.2, 0.25) is 0 Å². The van der Waals surface area contributed by atoms with Crippen molar-refractivity contribution >= 4 is 5.97 Å². The summed E-state index contributed by atoms with van der Waals surface area (Å²) in [4.78, 5) is 10.4. The molecule has 0 N–H and O–H groups in total. The minimum absolute atomic E-state index is 0.